The van der Waals surface area contributed by atoms with E-state index in [4.69, 9.17) is 0 Å². The lowest BCUT2D eigenvalue weighted by atomic mass is 9.73. The molecule has 0 bridgehead atoms. The van der Waals surface area contributed by atoms with Crippen molar-refractivity contribution in [3.05, 3.63) is 12.2 Å². The first kappa shape index (κ1) is 8.31. The van der Waals surface area contributed by atoms with Gasteiger partial charge in [0.2, 0.25) is 0 Å². The first-order valence-electron chi connectivity index (χ1n) is 5.20. The van der Waals surface area contributed by atoms with Crippen molar-refractivity contribution in [1.82, 2.24) is 4.90 Å². The zero-order chi connectivity index (χ0) is 8.55. The van der Waals surface area contributed by atoms with Gasteiger partial charge in [0.1, 0.15) is 0 Å². The normalized spacial score (nSPS) is 41.7. The van der Waals surface area contributed by atoms with Gasteiger partial charge in [0.05, 0.1) is 0 Å². The predicted octanol–water partition coefficient (Wildman–Crippen LogP) is 2.29. The number of nitrogens with zero attached hydrogens (tertiary/aromatic N) is 1. The Hall–Kier alpha value is -0.300. The van der Waals surface area contributed by atoms with Crippen molar-refractivity contribution in [2.45, 2.75) is 32.2 Å². The van der Waals surface area contributed by atoms with Gasteiger partial charge in [-0.25, -0.2) is 0 Å². The molecule has 0 N–H and O–H groups in total. The van der Waals surface area contributed by atoms with Gasteiger partial charge in [0, 0.05) is 12.6 Å². The fraction of sp³-hybridized carbons (Fsp3) is 0.818. The van der Waals surface area contributed by atoms with E-state index in [1.807, 2.05) is 0 Å². The van der Waals surface area contributed by atoms with Gasteiger partial charge in [0.15, 0.2) is 0 Å². The lowest BCUT2D eigenvalue weighted by Crippen LogP contribution is -2.30. The first-order valence-corrected chi connectivity index (χ1v) is 5.20. The third-order valence-corrected chi connectivity index (χ3v) is 3.52. The molecule has 1 saturated carbocycles. The van der Waals surface area contributed by atoms with E-state index < -0.39 is 0 Å². The Morgan fingerprint density at radius 3 is 2.75 bits per heavy atom. The van der Waals surface area contributed by atoms with Crippen LogP contribution in [0.3, 0.4) is 0 Å². The second-order valence-corrected chi connectivity index (χ2v) is 4.27. The minimum absolute atomic E-state index is 0.767. The van der Waals surface area contributed by atoms with E-state index in [9.17, 15) is 0 Å². The van der Waals surface area contributed by atoms with Gasteiger partial charge < -0.3 is 0 Å². The fourth-order valence-electron chi connectivity index (χ4n) is 2.65. The Morgan fingerprint density at radius 1 is 1.42 bits per heavy atom. The summed E-state index contributed by atoms with van der Waals surface area (Å²) >= 11 is 0. The summed E-state index contributed by atoms with van der Waals surface area (Å²) in [6.45, 7) is 3.55. The average Bonchev–Trinajstić information content (AvgIpc) is 2.23. The summed E-state index contributed by atoms with van der Waals surface area (Å²) in [5, 5.41) is 0. The van der Waals surface area contributed by atoms with Crippen molar-refractivity contribution in [1.29, 1.82) is 0 Å². The molecule has 2 aliphatic rings. The van der Waals surface area contributed by atoms with Crippen LogP contribution in [0.25, 0.3) is 0 Å². The van der Waals surface area contributed by atoms with Gasteiger partial charge in [-0.15, -0.1) is 0 Å². The summed E-state index contributed by atoms with van der Waals surface area (Å²) in [5.41, 5.74) is 0. The number of likely N-dealkylation sites (N-methyl/N-ethyl adjacent to an activating group) is 1. The molecule has 1 aliphatic heterocycles. The van der Waals surface area contributed by atoms with Crippen molar-refractivity contribution < 1.29 is 0 Å². The number of likely N-dealkylation sites (tertiary alicyclic amines) is 1. The van der Waals surface area contributed by atoms with E-state index in [0.29, 0.717) is 0 Å². The lowest BCUT2D eigenvalue weighted by molar-refractivity contribution is 0.219. The number of hydrogen-bond acceptors (Lipinski definition) is 1. The Bertz CT molecular complexity index is 185. The van der Waals surface area contributed by atoms with Crippen molar-refractivity contribution in [2.75, 3.05) is 13.6 Å². The second-order valence-electron chi connectivity index (χ2n) is 4.27. The molecule has 1 aliphatic carbocycles. The molecule has 0 spiro atoms. The van der Waals surface area contributed by atoms with E-state index in [-0.39, 0.29) is 0 Å². The average molecular weight is 165 g/mol. The Labute approximate surface area is 75.4 Å². The Morgan fingerprint density at radius 2 is 2.25 bits per heavy atom. The van der Waals surface area contributed by atoms with Crippen molar-refractivity contribution in [3.8, 4) is 0 Å². The smallest absolute Gasteiger partial charge is 0.0306 e. The zero-order valence-corrected chi connectivity index (χ0v) is 8.16. The molecule has 2 fully saturated rings. The van der Waals surface area contributed by atoms with Gasteiger partial charge >= 0.3 is 0 Å². The number of fused-ring (bicyclic) bond motifs is 1. The number of rotatable bonds is 2. The summed E-state index contributed by atoms with van der Waals surface area (Å²) in [6, 6.07) is 0.767. The van der Waals surface area contributed by atoms with Crippen LogP contribution in [0.15, 0.2) is 12.2 Å². The van der Waals surface area contributed by atoms with Crippen LogP contribution >= 0.6 is 0 Å². The van der Waals surface area contributed by atoms with E-state index in [0.717, 1.165) is 17.9 Å². The summed E-state index contributed by atoms with van der Waals surface area (Å²) < 4.78 is 0. The molecule has 0 aromatic carbocycles. The molecule has 1 heteroatoms. The molecule has 68 valence electrons. The van der Waals surface area contributed by atoms with Crippen LogP contribution in [-0.2, 0) is 0 Å². The molecule has 12 heavy (non-hydrogen) atoms. The maximum absolute atomic E-state index is 2.52. The summed E-state index contributed by atoms with van der Waals surface area (Å²) in [7, 11) is 2.27. The van der Waals surface area contributed by atoms with E-state index in [1.165, 1.54) is 25.8 Å². The topological polar surface area (TPSA) is 3.24 Å². The van der Waals surface area contributed by atoms with E-state index in [2.05, 4.69) is 31.0 Å². The minimum atomic E-state index is 0.767. The van der Waals surface area contributed by atoms with Crippen molar-refractivity contribution >= 4 is 0 Å². The Balaban J connectivity index is 1.99. The molecule has 0 radical (unpaired) electrons. The SMILES string of the molecule is CC/C=C/C1C2CCC2CN1C. The summed E-state index contributed by atoms with van der Waals surface area (Å²) in [5.74, 6) is 2.03. The molecule has 1 saturated heterocycles. The third-order valence-electron chi connectivity index (χ3n) is 3.52. The van der Waals surface area contributed by atoms with Crippen LogP contribution in [-0.4, -0.2) is 24.5 Å². The molecule has 1 nitrogen and oxygen atoms in total. The molecule has 3 atom stereocenters. The molecule has 0 aromatic heterocycles. The highest BCUT2D eigenvalue weighted by molar-refractivity contribution is 5.07. The third kappa shape index (κ3) is 1.20. The first-order chi connectivity index (χ1) is 5.83. The van der Waals surface area contributed by atoms with E-state index in [1.54, 1.807) is 0 Å². The lowest BCUT2D eigenvalue weighted by Gasteiger charge is -2.32. The molecular formula is C11H19N. The van der Waals surface area contributed by atoms with Gasteiger partial charge in [-0.1, -0.05) is 19.1 Å². The van der Waals surface area contributed by atoms with Gasteiger partial charge in [-0.05, 0) is 38.1 Å². The molecule has 1 heterocycles. The fourth-order valence-corrected chi connectivity index (χ4v) is 2.65. The summed E-state index contributed by atoms with van der Waals surface area (Å²) in [4.78, 5) is 2.52. The van der Waals surface area contributed by atoms with Gasteiger partial charge in [-0.2, -0.15) is 0 Å². The maximum atomic E-state index is 2.52. The van der Waals surface area contributed by atoms with Gasteiger partial charge in [-0.3, -0.25) is 4.90 Å². The maximum Gasteiger partial charge on any atom is 0.0306 e. The van der Waals surface area contributed by atoms with Crippen molar-refractivity contribution in [3.63, 3.8) is 0 Å². The highest BCUT2D eigenvalue weighted by atomic mass is 15.2. The molecule has 0 amide bonds. The molecule has 3 unspecified atom stereocenters. The van der Waals surface area contributed by atoms with Crippen LogP contribution < -0.4 is 0 Å². The molecular weight excluding hydrogens is 146 g/mol. The highest BCUT2D eigenvalue weighted by Crippen LogP contribution is 2.44. The Kier molecular flexibility index (Phi) is 2.22. The largest absolute Gasteiger partial charge is 0.299 e. The van der Waals surface area contributed by atoms with Gasteiger partial charge in [0.25, 0.3) is 0 Å². The van der Waals surface area contributed by atoms with Crippen molar-refractivity contribution in [2.24, 2.45) is 11.8 Å². The van der Waals surface area contributed by atoms with Crippen LogP contribution in [0.5, 0.6) is 0 Å². The van der Waals surface area contributed by atoms with Crippen LogP contribution in [0.2, 0.25) is 0 Å². The van der Waals surface area contributed by atoms with Crippen LogP contribution in [0, 0.1) is 11.8 Å². The van der Waals surface area contributed by atoms with E-state index >= 15 is 0 Å². The zero-order valence-electron chi connectivity index (χ0n) is 8.16. The monoisotopic (exact) mass is 165 g/mol. The quantitative estimate of drug-likeness (QED) is 0.567. The minimum Gasteiger partial charge on any atom is -0.299 e. The summed E-state index contributed by atoms with van der Waals surface area (Å²) in [6.07, 6.45) is 8.87. The second kappa shape index (κ2) is 3.21. The number of hydrogen-bond donors (Lipinski definition) is 0. The standard InChI is InChI=1S/C11H19N/c1-3-4-5-11-10-7-6-9(10)8-12(11)2/h4-5,9-11H,3,6-8H2,1-2H3/b5-4+. The van der Waals surface area contributed by atoms with Crippen LogP contribution in [0.1, 0.15) is 26.2 Å². The predicted molar refractivity (Wildman–Crippen MR) is 52.1 cm³/mol. The number of allylic oxidation sites excluding steroid dienone is 1. The molecule has 2 rings (SSSR count). The molecule has 0 aromatic rings. The highest BCUT2D eigenvalue weighted by Gasteiger charge is 2.43. The van der Waals surface area contributed by atoms with Crippen LogP contribution in [0.4, 0.5) is 0 Å².